The van der Waals surface area contributed by atoms with E-state index in [4.69, 9.17) is 0 Å². The predicted molar refractivity (Wildman–Crippen MR) is 92.6 cm³/mol. The number of nitrogens with one attached hydrogen (secondary N) is 1. The van der Waals surface area contributed by atoms with E-state index >= 15 is 0 Å². The molecule has 6 nitrogen and oxygen atoms in total. The first-order valence-corrected chi connectivity index (χ1v) is 11.0. The molecule has 0 saturated heterocycles. The van der Waals surface area contributed by atoms with Gasteiger partial charge in [-0.05, 0) is 12.8 Å². The molecule has 0 spiro atoms. The average molecular weight is 530 g/mol. The Kier molecular flexibility index (Phi) is 10.5. The van der Waals surface area contributed by atoms with Gasteiger partial charge in [0, 0.05) is 19.4 Å². The molecule has 0 aliphatic heterocycles. The molecule has 33 heavy (non-hydrogen) atoms. The molecule has 1 atom stereocenters. The Labute approximate surface area is 183 Å². The molecule has 0 bridgehead atoms. The lowest BCUT2D eigenvalue weighted by Gasteiger charge is -2.33. The molecule has 0 aromatic carbocycles. The van der Waals surface area contributed by atoms with Crippen LogP contribution in [0.3, 0.4) is 0 Å². The number of likely N-dealkylation sites (N-methyl/N-ethyl adjacent to an activating group) is 1. The van der Waals surface area contributed by atoms with Gasteiger partial charge in [-0.1, -0.05) is 0 Å². The Hall–Kier alpha value is -1.36. The minimum Gasteiger partial charge on any atom is -0.544 e. The minimum absolute atomic E-state index is 0.0687. The molecule has 1 unspecified atom stereocenters. The topological polar surface area (TPSA) is 86.3 Å². The highest BCUT2D eigenvalue weighted by Crippen LogP contribution is 2.52. The van der Waals surface area contributed by atoms with Gasteiger partial charge < -0.3 is 14.4 Å². The van der Waals surface area contributed by atoms with Crippen molar-refractivity contribution in [2.75, 3.05) is 39.5 Å². The Morgan fingerprint density at radius 2 is 1.42 bits per heavy atom. The fourth-order valence-corrected chi connectivity index (χ4v) is 4.01. The van der Waals surface area contributed by atoms with E-state index in [1.54, 1.807) is 0 Å². The number of aliphatic carboxylic acids is 1. The van der Waals surface area contributed by atoms with Crippen molar-refractivity contribution < 1.29 is 66.7 Å². The third kappa shape index (κ3) is 10.6. The lowest BCUT2D eigenvalue weighted by atomic mass is 9.87. The van der Waals surface area contributed by atoms with Crippen molar-refractivity contribution >= 4 is 16.0 Å². The van der Waals surface area contributed by atoms with Crippen molar-refractivity contribution in [3.05, 3.63) is 0 Å². The molecule has 0 fully saturated rings. The number of carbonyl (C=O) groups excluding carboxylic acids is 1. The van der Waals surface area contributed by atoms with Crippen LogP contribution in [0.4, 0.5) is 43.9 Å². The van der Waals surface area contributed by atoms with Gasteiger partial charge in [0.2, 0.25) is 10.0 Å². The quantitative estimate of drug-likeness (QED) is 0.225. The summed E-state index contributed by atoms with van der Waals surface area (Å²) in [5, 5.41) is 10.6. The molecular weight excluding hydrogens is 506 g/mol. The molecule has 0 aromatic heterocycles. The van der Waals surface area contributed by atoms with Gasteiger partial charge in [-0.3, -0.25) is 0 Å². The van der Waals surface area contributed by atoms with Crippen LogP contribution in [-0.4, -0.2) is 82.6 Å². The van der Waals surface area contributed by atoms with Crippen LogP contribution >= 0.6 is 0 Å². The van der Waals surface area contributed by atoms with Crippen molar-refractivity contribution in [2.24, 2.45) is 5.92 Å². The molecule has 0 aromatic rings. The van der Waals surface area contributed by atoms with E-state index in [9.17, 15) is 62.2 Å². The highest BCUT2D eigenvalue weighted by Gasteiger charge is 2.73. The SMILES string of the molecule is C[N+](C)(CCCNS(=O)(=O)CCCC(CC(F)(C(F)(F)F)C(F)(F)F)C(F)(F)F)CC(=O)[O-]. The molecule has 17 heteroatoms. The Bertz CT molecular complexity index is 734. The number of nitrogens with zero attached hydrogens (tertiary/aromatic N) is 1. The number of quaternary nitrogens is 1. The molecule has 0 rings (SSSR count). The number of hydrogen-bond acceptors (Lipinski definition) is 4. The highest BCUT2D eigenvalue weighted by atomic mass is 32.2. The fourth-order valence-electron chi connectivity index (χ4n) is 2.87. The average Bonchev–Trinajstić information content (AvgIpc) is 2.53. The second-order valence-corrected chi connectivity index (χ2v) is 10.1. The lowest BCUT2D eigenvalue weighted by Crippen LogP contribution is -2.55. The van der Waals surface area contributed by atoms with Crippen LogP contribution in [0.1, 0.15) is 25.7 Å². The van der Waals surface area contributed by atoms with E-state index in [0.29, 0.717) is 0 Å². The molecule has 0 amide bonds. The van der Waals surface area contributed by atoms with Crippen LogP contribution in [0.25, 0.3) is 0 Å². The molecule has 0 radical (unpaired) electrons. The van der Waals surface area contributed by atoms with E-state index in [-0.39, 0.29) is 30.5 Å². The maximum Gasteiger partial charge on any atom is 0.431 e. The van der Waals surface area contributed by atoms with Gasteiger partial charge in [-0.25, -0.2) is 17.5 Å². The number of halogens is 10. The van der Waals surface area contributed by atoms with Gasteiger partial charge in [0.1, 0.15) is 6.54 Å². The molecule has 198 valence electrons. The van der Waals surface area contributed by atoms with E-state index in [1.807, 2.05) is 4.72 Å². The summed E-state index contributed by atoms with van der Waals surface area (Å²) in [5.74, 6) is -5.81. The van der Waals surface area contributed by atoms with Crippen LogP contribution in [0, 0.1) is 5.92 Å². The van der Waals surface area contributed by atoms with E-state index in [2.05, 4.69) is 0 Å². The summed E-state index contributed by atoms with van der Waals surface area (Å²) in [7, 11) is -1.24. The van der Waals surface area contributed by atoms with Crippen molar-refractivity contribution in [3.8, 4) is 0 Å². The van der Waals surface area contributed by atoms with Crippen LogP contribution in [-0.2, 0) is 14.8 Å². The first-order chi connectivity index (χ1) is 14.4. The first kappa shape index (κ1) is 31.6. The third-order valence-corrected chi connectivity index (χ3v) is 6.14. The van der Waals surface area contributed by atoms with Gasteiger partial charge in [0.05, 0.1) is 38.3 Å². The van der Waals surface area contributed by atoms with Gasteiger partial charge in [0.15, 0.2) is 0 Å². The summed E-state index contributed by atoms with van der Waals surface area (Å²) in [6.07, 6.45) is -24.3. The Morgan fingerprint density at radius 3 is 1.82 bits per heavy atom. The normalized spacial score (nSPS) is 15.5. The molecule has 0 heterocycles. The zero-order valence-electron chi connectivity index (χ0n) is 17.5. The van der Waals surface area contributed by atoms with E-state index in [0.717, 1.165) is 0 Å². The lowest BCUT2D eigenvalue weighted by molar-refractivity contribution is -0.884. The smallest absolute Gasteiger partial charge is 0.431 e. The number of carbonyl (C=O) groups is 1. The van der Waals surface area contributed by atoms with E-state index in [1.165, 1.54) is 14.1 Å². The molecule has 0 aliphatic carbocycles. The van der Waals surface area contributed by atoms with Gasteiger partial charge in [-0.2, -0.15) is 39.5 Å². The fraction of sp³-hybridized carbons (Fsp3) is 0.938. The zero-order chi connectivity index (χ0) is 26.5. The summed E-state index contributed by atoms with van der Waals surface area (Å²) in [6, 6.07) is 0. The number of alkyl halides is 10. The van der Waals surface area contributed by atoms with Crippen molar-refractivity contribution in [1.29, 1.82) is 0 Å². The summed E-state index contributed by atoms with van der Waals surface area (Å²) in [6.45, 7) is -0.465. The summed E-state index contributed by atoms with van der Waals surface area (Å²) >= 11 is 0. The summed E-state index contributed by atoms with van der Waals surface area (Å²) in [4.78, 5) is 10.6. The van der Waals surface area contributed by atoms with Crippen molar-refractivity contribution in [1.82, 2.24) is 4.72 Å². The number of carboxylic acids is 1. The maximum atomic E-state index is 13.7. The van der Waals surface area contributed by atoms with Gasteiger partial charge in [0.25, 0.3) is 5.67 Å². The second kappa shape index (κ2) is 10.9. The molecule has 1 N–H and O–H groups in total. The Balaban J connectivity index is 5.00. The number of hydrogen-bond donors (Lipinski definition) is 1. The highest BCUT2D eigenvalue weighted by molar-refractivity contribution is 7.89. The van der Waals surface area contributed by atoms with Crippen LogP contribution in [0.15, 0.2) is 0 Å². The number of sulfonamides is 1. The third-order valence-electron chi connectivity index (χ3n) is 4.67. The summed E-state index contributed by atoms with van der Waals surface area (Å²) < 4.78 is 154. The molecule has 0 saturated carbocycles. The standard InChI is InChI=1S/C16H24F10N2O4S/c1-28(2,10-12(29)30)7-4-6-27-33(31,32)8-3-5-11(14(18,19)20)9-13(17,15(21,22)23)16(24,25)26/h11,27H,3-10H2,1-2H3. The predicted octanol–water partition coefficient (Wildman–Crippen LogP) is 2.30. The van der Waals surface area contributed by atoms with Crippen LogP contribution in [0.2, 0.25) is 0 Å². The van der Waals surface area contributed by atoms with Crippen LogP contribution < -0.4 is 9.83 Å². The molecule has 0 aliphatic rings. The number of carboxylic acid groups (broad SMARTS) is 1. The first-order valence-electron chi connectivity index (χ1n) is 9.32. The number of rotatable bonds is 13. The molecular formula is C16H24F10N2O4S. The minimum atomic E-state index is -6.66. The van der Waals surface area contributed by atoms with Crippen LogP contribution in [0.5, 0.6) is 0 Å². The van der Waals surface area contributed by atoms with Crippen molar-refractivity contribution in [3.63, 3.8) is 0 Å². The monoisotopic (exact) mass is 530 g/mol. The maximum absolute atomic E-state index is 13.7. The van der Waals surface area contributed by atoms with Gasteiger partial charge in [-0.15, -0.1) is 0 Å². The van der Waals surface area contributed by atoms with Crippen molar-refractivity contribution in [2.45, 2.75) is 49.9 Å². The zero-order valence-corrected chi connectivity index (χ0v) is 18.3. The summed E-state index contributed by atoms with van der Waals surface area (Å²) in [5.41, 5.74) is -6.12. The second-order valence-electron chi connectivity index (χ2n) is 8.14. The Morgan fingerprint density at radius 1 is 0.939 bits per heavy atom. The van der Waals surface area contributed by atoms with Gasteiger partial charge >= 0.3 is 18.5 Å². The van der Waals surface area contributed by atoms with E-state index < -0.39 is 71.1 Å². The largest absolute Gasteiger partial charge is 0.544 e.